The molecule has 2 aliphatic heterocycles. The molecular weight excluding hydrogens is 360 g/mol. The first-order chi connectivity index (χ1) is 13.3. The molecule has 2 aromatic rings. The minimum atomic E-state index is 0.0325. The Bertz CT molecular complexity index is 773. The van der Waals surface area contributed by atoms with Crippen molar-refractivity contribution < 1.29 is 9.47 Å². The Hall–Kier alpha value is -2.04. The normalized spacial score (nSPS) is 20.9. The van der Waals surface area contributed by atoms with Crippen molar-refractivity contribution in [3.63, 3.8) is 0 Å². The van der Waals surface area contributed by atoms with Crippen molar-refractivity contribution in [2.45, 2.75) is 18.9 Å². The highest BCUT2D eigenvalue weighted by molar-refractivity contribution is 6.32. The van der Waals surface area contributed by atoms with Crippen LogP contribution < -0.4 is 9.47 Å². The average molecular weight is 385 g/mol. The summed E-state index contributed by atoms with van der Waals surface area (Å²) in [6.07, 6.45) is 4.37. The number of rotatable bonds is 5. The van der Waals surface area contributed by atoms with Crippen LogP contribution >= 0.6 is 11.6 Å². The summed E-state index contributed by atoms with van der Waals surface area (Å²) < 4.78 is 11.9. The molecule has 2 aliphatic rings. The molecule has 1 atom stereocenters. The van der Waals surface area contributed by atoms with Gasteiger partial charge in [0.05, 0.1) is 5.02 Å². The Kier molecular flexibility index (Phi) is 5.95. The molecular formula is C22H25ClN2O2. The number of nitrogens with zero attached hydrogens (tertiary/aromatic N) is 2. The van der Waals surface area contributed by atoms with Crippen LogP contribution in [0.5, 0.6) is 11.5 Å². The Morgan fingerprint density at radius 1 is 1.07 bits per heavy atom. The SMILES string of the molecule is Clc1cccc2c1OC(CN1CCC(CN=Cc3ccccc3)CC1)CO2. The summed E-state index contributed by atoms with van der Waals surface area (Å²) in [6, 6.07) is 15.9. The van der Waals surface area contributed by atoms with E-state index in [4.69, 9.17) is 21.1 Å². The van der Waals surface area contributed by atoms with Gasteiger partial charge in [0.15, 0.2) is 11.5 Å². The number of likely N-dealkylation sites (tertiary alicyclic amines) is 1. The van der Waals surface area contributed by atoms with Crippen LogP contribution in [0.15, 0.2) is 53.5 Å². The van der Waals surface area contributed by atoms with Crippen LogP contribution in [0.25, 0.3) is 0 Å². The van der Waals surface area contributed by atoms with Crippen molar-refractivity contribution in [3.05, 3.63) is 59.1 Å². The molecule has 2 aromatic carbocycles. The Morgan fingerprint density at radius 2 is 1.89 bits per heavy atom. The summed E-state index contributed by atoms with van der Waals surface area (Å²) in [6.45, 7) is 4.54. The third-order valence-corrected chi connectivity index (χ3v) is 5.51. The largest absolute Gasteiger partial charge is 0.486 e. The Morgan fingerprint density at radius 3 is 2.70 bits per heavy atom. The zero-order valence-electron chi connectivity index (χ0n) is 15.4. The topological polar surface area (TPSA) is 34.1 Å². The molecule has 0 aliphatic carbocycles. The maximum absolute atomic E-state index is 6.23. The van der Waals surface area contributed by atoms with E-state index in [1.165, 1.54) is 18.4 Å². The molecule has 0 spiro atoms. The number of ether oxygens (including phenoxy) is 2. The number of hydrogen-bond donors (Lipinski definition) is 0. The molecule has 0 N–H and O–H groups in total. The smallest absolute Gasteiger partial charge is 0.180 e. The lowest BCUT2D eigenvalue weighted by molar-refractivity contribution is 0.0484. The molecule has 1 saturated heterocycles. The predicted octanol–water partition coefficient (Wildman–Crippen LogP) is 4.31. The predicted molar refractivity (Wildman–Crippen MR) is 109 cm³/mol. The molecule has 0 bridgehead atoms. The average Bonchev–Trinajstić information content (AvgIpc) is 2.71. The third kappa shape index (κ3) is 4.82. The van der Waals surface area contributed by atoms with Gasteiger partial charge in [-0.2, -0.15) is 0 Å². The summed E-state index contributed by atoms with van der Waals surface area (Å²) in [7, 11) is 0. The number of benzene rings is 2. The van der Waals surface area contributed by atoms with E-state index in [2.05, 4.69) is 22.0 Å². The zero-order chi connectivity index (χ0) is 18.5. The van der Waals surface area contributed by atoms with Crippen molar-refractivity contribution in [1.82, 2.24) is 4.90 Å². The van der Waals surface area contributed by atoms with Gasteiger partial charge in [0.1, 0.15) is 12.7 Å². The molecule has 0 amide bonds. The minimum absolute atomic E-state index is 0.0325. The van der Waals surface area contributed by atoms with Crippen LogP contribution in [0.1, 0.15) is 18.4 Å². The summed E-state index contributed by atoms with van der Waals surface area (Å²) in [4.78, 5) is 7.10. The summed E-state index contributed by atoms with van der Waals surface area (Å²) in [5.74, 6) is 2.09. The van der Waals surface area contributed by atoms with Crippen molar-refractivity contribution >= 4 is 17.8 Å². The van der Waals surface area contributed by atoms with Crippen LogP contribution in [0.4, 0.5) is 0 Å². The molecule has 2 heterocycles. The molecule has 0 saturated carbocycles. The van der Waals surface area contributed by atoms with Crippen LogP contribution in [0.2, 0.25) is 5.02 Å². The van der Waals surface area contributed by atoms with Crippen LogP contribution in [0.3, 0.4) is 0 Å². The van der Waals surface area contributed by atoms with Gasteiger partial charge in [-0.1, -0.05) is 48.0 Å². The maximum atomic E-state index is 6.23. The minimum Gasteiger partial charge on any atom is -0.486 e. The second-order valence-corrected chi connectivity index (χ2v) is 7.67. The van der Waals surface area contributed by atoms with E-state index in [0.29, 0.717) is 23.3 Å². The van der Waals surface area contributed by atoms with Gasteiger partial charge in [-0.25, -0.2) is 0 Å². The van der Waals surface area contributed by atoms with Gasteiger partial charge >= 0.3 is 0 Å². The number of piperidine rings is 1. The van der Waals surface area contributed by atoms with Crippen LogP contribution in [-0.2, 0) is 0 Å². The highest BCUT2D eigenvalue weighted by Crippen LogP contribution is 2.38. The van der Waals surface area contributed by atoms with Crippen molar-refractivity contribution in [3.8, 4) is 11.5 Å². The Labute approximate surface area is 165 Å². The molecule has 142 valence electrons. The first-order valence-electron chi connectivity index (χ1n) is 9.63. The molecule has 4 rings (SSSR count). The lowest BCUT2D eigenvalue weighted by Gasteiger charge is -2.35. The van der Waals surface area contributed by atoms with Crippen LogP contribution in [0, 0.1) is 5.92 Å². The molecule has 0 aromatic heterocycles. The molecule has 5 heteroatoms. The summed E-state index contributed by atoms with van der Waals surface area (Å²) >= 11 is 6.23. The van der Waals surface area contributed by atoms with E-state index in [-0.39, 0.29) is 6.10 Å². The fraction of sp³-hybridized carbons (Fsp3) is 0.409. The van der Waals surface area contributed by atoms with Gasteiger partial charge < -0.3 is 9.47 Å². The third-order valence-electron chi connectivity index (χ3n) is 5.21. The molecule has 1 unspecified atom stereocenters. The van der Waals surface area contributed by atoms with E-state index in [9.17, 15) is 0 Å². The first-order valence-corrected chi connectivity index (χ1v) is 10.0. The van der Waals surface area contributed by atoms with Gasteiger partial charge in [-0.15, -0.1) is 0 Å². The second kappa shape index (κ2) is 8.77. The highest BCUT2D eigenvalue weighted by Gasteiger charge is 2.27. The van der Waals surface area contributed by atoms with E-state index in [1.807, 2.05) is 42.6 Å². The van der Waals surface area contributed by atoms with E-state index in [1.54, 1.807) is 0 Å². The van der Waals surface area contributed by atoms with E-state index >= 15 is 0 Å². The molecule has 4 nitrogen and oxygen atoms in total. The van der Waals surface area contributed by atoms with Gasteiger partial charge in [0, 0.05) is 19.3 Å². The van der Waals surface area contributed by atoms with E-state index in [0.717, 1.165) is 31.9 Å². The van der Waals surface area contributed by atoms with E-state index < -0.39 is 0 Å². The first kappa shape index (κ1) is 18.3. The molecule has 1 fully saturated rings. The fourth-order valence-electron chi connectivity index (χ4n) is 3.68. The number of halogens is 1. The lowest BCUT2D eigenvalue weighted by atomic mass is 9.97. The van der Waals surface area contributed by atoms with Crippen molar-refractivity contribution in [2.75, 3.05) is 32.8 Å². The van der Waals surface area contributed by atoms with Crippen LogP contribution in [-0.4, -0.2) is 50.0 Å². The second-order valence-electron chi connectivity index (χ2n) is 7.27. The van der Waals surface area contributed by atoms with Crippen molar-refractivity contribution in [2.24, 2.45) is 10.9 Å². The van der Waals surface area contributed by atoms with Gasteiger partial charge in [-0.3, -0.25) is 9.89 Å². The number of aliphatic imine (C=N–C) groups is 1. The highest BCUT2D eigenvalue weighted by atomic mass is 35.5. The number of fused-ring (bicyclic) bond motifs is 1. The maximum Gasteiger partial charge on any atom is 0.180 e. The monoisotopic (exact) mass is 384 g/mol. The standard InChI is InChI=1S/C22H25ClN2O2/c23-20-7-4-8-21-22(20)27-19(16-26-21)15-25-11-9-18(10-12-25)14-24-13-17-5-2-1-3-6-17/h1-8,13,18-19H,9-12,14-16H2. The summed E-state index contributed by atoms with van der Waals surface area (Å²) in [5.41, 5.74) is 1.17. The number of para-hydroxylation sites is 1. The molecule has 0 radical (unpaired) electrons. The molecule has 27 heavy (non-hydrogen) atoms. The van der Waals surface area contributed by atoms with Gasteiger partial charge in [0.25, 0.3) is 0 Å². The number of hydrogen-bond acceptors (Lipinski definition) is 4. The fourth-order valence-corrected chi connectivity index (χ4v) is 3.89. The summed E-state index contributed by atoms with van der Waals surface area (Å²) in [5, 5.41) is 0.618. The lowest BCUT2D eigenvalue weighted by Crippen LogP contribution is -2.44. The van der Waals surface area contributed by atoms with Gasteiger partial charge in [0.2, 0.25) is 0 Å². The van der Waals surface area contributed by atoms with Gasteiger partial charge in [-0.05, 0) is 49.5 Å². The quantitative estimate of drug-likeness (QED) is 0.720. The van der Waals surface area contributed by atoms with Crippen molar-refractivity contribution in [1.29, 1.82) is 0 Å². The zero-order valence-corrected chi connectivity index (χ0v) is 16.1. The Balaban J connectivity index is 1.22.